The first kappa shape index (κ1) is 13.4. The molecule has 0 fully saturated rings. The molecule has 0 aliphatic carbocycles. The van der Waals surface area contributed by atoms with Crippen LogP contribution in [0.4, 0.5) is 0 Å². The second kappa shape index (κ2) is 6.81. The van der Waals surface area contributed by atoms with E-state index in [4.69, 9.17) is 4.74 Å². The summed E-state index contributed by atoms with van der Waals surface area (Å²) < 4.78 is 5.34. The van der Waals surface area contributed by atoms with Crippen LogP contribution in [0.5, 0.6) is 5.75 Å². The zero-order valence-electron chi connectivity index (χ0n) is 10.5. The summed E-state index contributed by atoms with van der Waals surface area (Å²) in [6.45, 7) is 4.46. The maximum Gasteiger partial charge on any atom is 0.132 e. The van der Waals surface area contributed by atoms with Crippen molar-refractivity contribution < 1.29 is 4.74 Å². The highest BCUT2D eigenvalue weighted by atomic mass is 32.2. The van der Waals surface area contributed by atoms with Crippen molar-refractivity contribution in [3.05, 3.63) is 24.3 Å². The summed E-state index contributed by atoms with van der Waals surface area (Å²) in [5, 5.41) is 3.85. The third kappa shape index (κ3) is 4.06. The van der Waals surface area contributed by atoms with Gasteiger partial charge < -0.3 is 10.1 Å². The molecule has 0 heterocycles. The van der Waals surface area contributed by atoms with Gasteiger partial charge in [0.25, 0.3) is 0 Å². The van der Waals surface area contributed by atoms with Gasteiger partial charge in [0.2, 0.25) is 0 Å². The molecule has 90 valence electrons. The Hall–Kier alpha value is -0.670. The van der Waals surface area contributed by atoms with Gasteiger partial charge in [0.05, 0.1) is 7.11 Å². The molecule has 0 bridgehead atoms. The number of thioether (sulfide) groups is 1. The Labute approximate surface area is 103 Å². The molecule has 0 saturated heterocycles. The molecule has 1 rings (SSSR count). The SMILES string of the molecule is CNC(C)CC(C)Sc1ccccc1OC. The lowest BCUT2D eigenvalue weighted by atomic mass is 10.2. The van der Waals surface area contributed by atoms with E-state index in [-0.39, 0.29) is 0 Å². The van der Waals surface area contributed by atoms with Crippen LogP contribution in [-0.2, 0) is 0 Å². The molecular formula is C13H21NOS. The van der Waals surface area contributed by atoms with Crippen LogP contribution in [0.3, 0.4) is 0 Å². The zero-order valence-corrected chi connectivity index (χ0v) is 11.3. The Morgan fingerprint density at radius 3 is 2.62 bits per heavy atom. The largest absolute Gasteiger partial charge is 0.496 e. The van der Waals surface area contributed by atoms with Gasteiger partial charge in [-0.15, -0.1) is 11.8 Å². The summed E-state index contributed by atoms with van der Waals surface area (Å²) in [5.74, 6) is 0.969. The first-order chi connectivity index (χ1) is 7.67. The Morgan fingerprint density at radius 1 is 1.31 bits per heavy atom. The van der Waals surface area contributed by atoms with Gasteiger partial charge >= 0.3 is 0 Å². The third-order valence-corrected chi connectivity index (χ3v) is 3.76. The van der Waals surface area contributed by atoms with Crippen molar-refractivity contribution in [1.82, 2.24) is 5.32 Å². The fourth-order valence-electron chi connectivity index (χ4n) is 1.60. The number of hydrogen-bond donors (Lipinski definition) is 1. The Kier molecular flexibility index (Phi) is 5.71. The number of nitrogens with one attached hydrogen (secondary N) is 1. The van der Waals surface area contributed by atoms with Gasteiger partial charge in [-0.2, -0.15) is 0 Å². The molecule has 2 nitrogen and oxygen atoms in total. The lowest BCUT2D eigenvalue weighted by Gasteiger charge is -2.17. The van der Waals surface area contributed by atoms with E-state index in [1.54, 1.807) is 7.11 Å². The minimum atomic E-state index is 0.553. The topological polar surface area (TPSA) is 21.3 Å². The van der Waals surface area contributed by atoms with Crippen LogP contribution in [0, 0.1) is 0 Å². The lowest BCUT2D eigenvalue weighted by molar-refractivity contribution is 0.404. The maximum absolute atomic E-state index is 5.34. The number of para-hydroxylation sites is 1. The van der Waals surface area contributed by atoms with Gasteiger partial charge in [-0.25, -0.2) is 0 Å². The van der Waals surface area contributed by atoms with Crippen LogP contribution in [0.1, 0.15) is 20.3 Å². The molecular weight excluding hydrogens is 218 g/mol. The highest BCUT2D eigenvalue weighted by molar-refractivity contribution is 8.00. The monoisotopic (exact) mass is 239 g/mol. The molecule has 1 aromatic carbocycles. The first-order valence-electron chi connectivity index (χ1n) is 5.64. The van der Waals surface area contributed by atoms with Gasteiger partial charge in [0.1, 0.15) is 5.75 Å². The smallest absolute Gasteiger partial charge is 0.132 e. The Bertz CT molecular complexity index is 317. The molecule has 3 heteroatoms. The van der Waals surface area contributed by atoms with E-state index in [1.807, 2.05) is 30.9 Å². The fourth-order valence-corrected chi connectivity index (χ4v) is 2.84. The van der Waals surface area contributed by atoms with E-state index in [0.29, 0.717) is 11.3 Å². The van der Waals surface area contributed by atoms with Crippen LogP contribution in [0.15, 0.2) is 29.2 Å². The average molecular weight is 239 g/mol. The van der Waals surface area contributed by atoms with Crippen LogP contribution in [-0.4, -0.2) is 25.4 Å². The number of ether oxygens (including phenoxy) is 1. The van der Waals surface area contributed by atoms with E-state index in [9.17, 15) is 0 Å². The van der Waals surface area contributed by atoms with Gasteiger partial charge in [0, 0.05) is 16.2 Å². The van der Waals surface area contributed by atoms with Gasteiger partial charge in [0.15, 0.2) is 0 Å². The molecule has 2 atom stereocenters. The molecule has 0 aromatic heterocycles. The van der Waals surface area contributed by atoms with Gasteiger partial charge in [-0.05, 0) is 32.5 Å². The summed E-state index contributed by atoms with van der Waals surface area (Å²) in [7, 11) is 3.73. The van der Waals surface area contributed by atoms with E-state index < -0.39 is 0 Å². The van der Waals surface area contributed by atoms with E-state index in [0.717, 1.165) is 12.2 Å². The third-order valence-electron chi connectivity index (χ3n) is 2.58. The lowest BCUT2D eigenvalue weighted by Crippen LogP contribution is -2.24. The minimum Gasteiger partial charge on any atom is -0.496 e. The molecule has 0 saturated carbocycles. The number of rotatable bonds is 6. The highest BCUT2D eigenvalue weighted by Crippen LogP contribution is 2.33. The van der Waals surface area contributed by atoms with Crippen LogP contribution in [0.25, 0.3) is 0 Å². The predicted octanol–water partition coefficient (Wildman–Crippen LogP) is 3.17. The van der Waals surface area contributed by atoms with Crippen LogP contribution in [0.2, 0.25) is 0 Å². The first-order valence-corrected chi connectivity index (χ1v) is 6.52. The second-order valence-corrected chi connectivity index (χ2v) is 5.49. The van der Waals surface area contributed by atoms with Crippen molar-refractivity contribution in [2.24, 2.45) is 0 Å². The maximum atomic E-state index is 5.34. The molecule has 0 amide bonds. The summed E-state index contributed by atoms with van der Waals surface area (Å²) in [5.41, 5.74) is 0. The van der Waals surface area contributed by atoms with Crippen molar-refractivity contribution in [2.75, 3.05) is 14.2 Å². The summed E-state index contributed by atoms with van der Waals surface area (Å²) in [6, 6.07) is 8.74. The van der Waals surface area contributed by atoms with Gasteiger partial charge in [-0.3, -0.25) is 0 Å². The normalized spacial score (nSPS) is 14.5. The highest BCUT2D eigenvalue weighted by Gasteiger charge is 2.11. The zero-order chi connectivity index (χ0) is 12.0. The summed E-state index contributed by atoms with van der Waals surface area (Å²) in [4.78, 5) is 1.22. The average Bonchev–Trinajstić information content (AvgIpc) is 2.29. The second-order valence-electron chi connectivity index (χ2n) is 4.00. The van der Waals surface area contributed by atoms with Crippen molar-refractivity contribution in [2.45, 2.75) is 36.5 Å². The number of hydrogen-bond acceptors (Lipinski definition) is 3. The standard InChI is InChI=1S/C13H21NOS/c1-10(14-3)9-11(2)16-13-8-6-5-7-12(13)15-4/h5-8,10-11,14H,9H2,1-4H3. The molecule has 1 aromatic rings. The van der Waals surface area contributed by atoms with Crippen LogP contribution < -0.4 is 10.1 Å². The molecule has 2 unspecified atom stereocenters. The van der Waals surface area contributed by atoms with Crippen molar-refractivity contribution >= 4 is 11.8 Å². The summed E-state index contributed by atoms with van der Waals surface area (Å²) >= 11 is 1.87. The predicted molar refractivity (Wildman–Crippen MR) is 71.5 cm³/mol. The molecule has 0 aliphatic rings. The quantitative estimate of drug-likeness (QED) is 0.770. The molecule has 1 N–H and O–H groups in total. The molecule has 0 aliphatic heterocycles. The van der Waals surface area contributed by atoms with E-state index in [2.05, 4.69) is 31.3 Å². The Balaban J connectivity index is 2.58. The molecule has 0 spiro atoms. The van der Waals surface area contributed by atoms with Gasteiger partial charge in [-0.1, -0.05) is 19.1 Å². The fraction of sp³-hybridized carbons (Fsp3) is 0.538. The van der Waals surface area contributed by atoms with Crippen molar-refractivity contribution in [3.8, 4) is 5.75 Å². The Morgan fingerprint density at radius 2 is 2.00 bits per heavy atom. The van der Waals surface area contributed by atoms with E-state index >= 15 is 0 Å². The minimum absolute atomic E-state index is 0.553. The number of methoxy groups -OCH3 is 1. The molecule has 16 heavy (non-hydrogen) atoms. The van der Waals surface area contributed by atoms with Crippen molar-refractivity contribution in [1.29, 1.82) is 0 Å². The molecule has 0 radical (unpaired) electrons. The summed E-state index contributed by atoms with van der Waals surface area (Å²) in [6.07, 6.45) is 1.15. The van der Waals surface area contributed by atoms with Crippen LogP contribution >= 0.6 is 11.8 Å². The van der Waals surface area contributed by atoms with Crippen molar-refractivity contribution in [3.63, 3.8) is 0 Å². The number of benzene rings is 1. The van der Waals surface area contributed by atoms with E-state index in [1.165, 1.54) is 4.90 Å².